The predicted molar refractivity (Wildman–Crippen MR) is 59.6 cm³/mol. The molecule has 14 heavy (non-hydrogen) atoms. The molecule has 0 amide bonds. The lowest BCUT2D eigenvalue weighted by molar-refractivity contribution is 0.296. The molecule has 1 aromatic carbocycles. The van der Waals surface area contributed by atoms with Gasteiger partial charge in [0.1, 0.15) is 12.4 Å². The van der Waals surface area contributed by atoms with Crippen LogP contribution < -0.4 is 10.5 Å². The maximum absolute atomic E-state index is 5.61. The van der Waals surface area contributed by atoms with Crippen LogP contribution >= 0.6 is 0 Å². The number of benzene rings is 1. The van der Waals surface area contributed by atoms with Gasteiger partial charge < -0.3 is 10.5 Å². The molecule has 0 spiro atoms. The summed E-state index contributed by atoms with van der Waals surface area (Å²) in [6, 6.07) is 8.31. The Morgan fingerprint density at radius 2 is 2.21 bits per heavy atom. The first-order valence-corrected chi connectivity index (χ1v) is 5.19. The van der Waals surface area contributed by atoms with E-state index in [-0.39, 0.29) is 6.04 Å². The van der Waals surface area contributed by atoms with Crippen LogP contribution in [0.15, 0.2) is 24.3 Å². The molecule has 0 radical (unpaired) electrons. The minimum atomic E-state index is 0.0878. The van der Waals surface area contributed by atoms with Crippen molar-refractivity contribution in [2.45, 2.75) is 32.7 Å². The Morgan fingerprint density at radius 1 is 1.43 bits per heavy atom. The first-order valence-electron chi connectivity index (χ1n) is 5.19. The average Bonchev–Trinajstić information content (AvgIpc) is 2.16. The fraction of sp³-hybridized carbons (Fsp3) is 0.500. The normalized spacial score (nSPS) is 12.5. The van der Waals surface area contributed by atoms with Gasteiger partial charge >= 0.3 is 0 Å². The van der Waals surface area contributed by atoms with Gasteiger partial charge in [0, 0.05) is 6.04 Å². The van der Waals surface area contributed by atoms with Crippen molar-refractivity contribution in [2.75, 3.05) is 6.61 Å². The second-order valence-corrected chi connectivity index (χ2v) is 3.69. The molecule has 0 aliphatic heterocycles. The fourth-order valence-corrected chi connectivity index (χ4v) is 1.31. The van der Waals surface area contributed by atoms with Crippen molar-refractivity contribution in [2.24, 2.45) is 5.73 Å². The Morgan fingerprint density at radius 3 is 2.86 bits per heavy atom. The van der Waals surface area contributed by atoms with Gasteiger partial charge in [0.15, 0.2) is 0 Å². The SMILES string of the molecule is CCCc1cccc(OCC(C)N)c1. The Balaban J connectivity index is 2.54. The first-order chi connectivity index (χ1) is 6.72. The van der Waals surface area contributed by atoms with Crippen LogP contribution in [0.2, 0.25) is 0 Å². The summed E-state index contributed by atoms with van der Waals surface area (Å²) in [5.41, 5.74) is 6.94. The number of hydrogen-bond donors (Lipinski definition) is 1. The van der Waals surface area contributed by atoms with Gasteiger partial charge in [-0.1, -0.05) is 25.5 Å². The van der Waals surface area contributed by atoms with Crippen molar-refractivity contribution in [1.29, 1.82) is 0 Å². The largest absolute Gasteiger partial charge is 0.492 e. The topological polar surface area (TPSA) is 35.2 Å². The summed E-state index contributed by atoms with van der Waals surface area (Å²) in [5, 5.41) is 0. The molecule has 2 nitrogen and oxygen atoms in total. The minimum absolute atomic E-state index is 0.0878. The molecule has 2 heteroatoms. The smallest absolute Gasteiger partial charge is 0.119 e. The highest BCUT2D eigenvalue weighted by atomic mass is 16.5. The monoisotopic (exact) mass is 193 g/mol. The minimum Gasteiger partial charge on any atom is -0.492 e. The molecular weight excluding hydrogens is 174 g/mol. The third-order valence-electron chi connectivity index (χ3n) is 1.95. The highest BCUT2D eigenvalue weighted by molar-refractivity contribution is 5.28. The Bertz CT molecular complexity index is 271. The quantitative estimate of drug-likeness (QED) is 0.779. The van der Waals surface area contributed by atoms with E-state index in [0.717, 1.165) is 18.6 Å². The van der Waals surface area contributed by atoms with Crippen LogP contribution in [0.25, 0.3) is 0 Å². The van der Waals surface area contributed by atoms with Gasteiger partial charge in [-0.3, -0.25) is 0 Å². The number of aryl methyl sites for hydroxylation is 1. The van der Waals surface area contributed by atoms with Crippen LogP contribution in [-0.2, 0) is 6.42 Å². The lowest BCUT2D eigenvalue weighted by atomic mass is 10.1. The lowest BCUT2D eigenvalue weighted by Gasteiger charge is -2.09. The molecule has 0 saturated heterocycles. The van der Waals surface area contributed by atoms with Gasteiger partial charge in [0.05, 0.1) is 0 Å². The number of hydrogen-bond acceptors (Lipinski definition) is 2. The van der Waals surface area contributed by atoms with Gasteiger partial charge in [0.2, 0.25) is 0 Å². The third kappa shape index (κ3) is 3.79. The van der Waals surface area contributed by atoms with Crippen LogP contribution in [0.5, 0.6) is 5.75 Å². The molecule has 1 unspecified atom stereocenters. The van der Waals surface area contributed by atoms with E-state index in [9.17, 15) is 0 Å². The molecule has 0 aromatic heterocycles. The second-order valence-electron chi connectivity index (χ2n) is 3.69. The molecule has 1 aromatic rings. The summed E-state index contributed by atoms with van der Waals surface area (Å²) in [6.07, 6.45) is 2.27. The standard InChI is InChI=1S/C12H19NO/c1-3-5-11-6-4-7-12(8-11)14-9-10(2)13/h4,6-8,10H,3,5,9,13H2,1-2H3. The average molecular weight is 193 g/mol. The summed E-state index contributed by atoms with van der Waals surface area (Å²) >= 11 is 0. The van der Waals surface area contributed by atoms with Gasteiger partial charge in [-0.25, -0.2) is 0 Å². The van der Waals surface area contributed by atoms with E-state index in [2.05, 4.69) is 19.1 Å². The molecule has 0 aliphatic carbocycles. The fourth-order valence-electron chi connectivity index (χ4n) is 1.31. The maximum atomic E-state index is 5.61. The number of ether oxygens (including phenoxy) is 1. The van der Waals surface area contributed by atoms with Crippen molar-refractivity contribution >= 4 is 0 Å². The molecule has 78 valence electrons. The van der Waals surface area contributed by atoms with Gasteiger partial charge in [-0.15, -0.1) is 0 Å². The van der Waals surface area contributed by atoms with Crippen molar-refractivity contribution in [3.8, 4) is 5.75 Å². The second kappa shape index (κ2) is 5.66. The zero-order valence-corrected chi connectivity index (χ0v) is 8.99. The van der Waals surface area contributed by atoms with Crippen molar-refractivity contribution in [1.82, 2.24) is 0 Å². The van der Waals surface area contributed by atoms with Gasteiger partial charge in [0.25, 0.3) is 0 Å². The zero-order chi connectivity index (χ0) is 10.4. The molecule has 0 saturated carbocycles. The first kappa shape index (κ1) is 11.1. The Kier molecular flexibility index (Phi) is 4.47. The van der Waals surface area contributed by atoms with E-state index in [1.165, 1.54) is 5.56 Å². The summed E-state index contributed by atoms with van der Waals surface area (Å²) in [4.78, 5) is 0. The summed E-state index contributed by atoms with van der Waals surface area (Å²) in [5.74, 6) is 0.924. The lowest BCUT2D eigenvalue weighted by Crippen LogP contribution is -2.23. The van der Waals surface area contributed by atoms with Gasteiger partial charge in [-0.05, 0) is 31.0 Å². The van der Waals surface area contributed by atoms with Crippen LogP contribution in [0.3, 0.4) is 0 Å². The van der Waals surface area contributed by atoms with Crippen LogP contribution in [0.4, 0.5) is 0 Å². The molecule has 0 heterocycles. The summed E-state index contributed by atoms with van der Waals surface area (Å²) < 4.78 is 5.53. The molecule has 2 N–H and O–H groups in total. The van der Waals surface area contributed by atoms with Crippen molar-refractivity contribution in [3.63, 3.8) is 0 Å². The number of rotatable bonds is 5. The zero-order valence-electron chi connectivity index (χ0n) is 8.99. The molecule has 0 fully saturated rings. The van der Waals surface area contributed by atoms with Gasteiger partial charge in [-0.2, -0.15) is 0 Å². The molecule has 0 bridgehead atoms. The van der Waals surface area contributed by atoms with Crippen LogP contribution in [0, 0.1) is 0 Å². The molecule has 0 aliphatic rings. The highest BCUT2D eigenvalue weighted by Crippen LogP contribution is 2.14. The van der Waals surface area contributed by atoms with E-state index in [0.29, 0.717) is 6.61 Å². The number of nitrogens with two attached hydrogens (primary N) is 1. The summed E-state index contributed by atoms with van der Waals surface area (Å²) in [6.45, 7) is 4.70. The molecule has 1 rings (SSSR count). The van der Waals surface area contributed by atoms with Crippen LogP contribution in [-0.4, -0.2) is 12.6 Å². The summed E-state index contributed by atoms with van der Waals surface area (Å²) in [7, 11) is 0. The predicted octanol–water partition coefficient (Wildman–Crippen LogP) is 2.37. The highest BCUT2D eigenvalue weighted by Gasteiger charge is 1.98. The van der Waals surface area contributed by atoms with E-state index in [1.807, 2.05) is 19.1 Å². The van der Waals surface area contributed by atoms with Crippen molar-refractivity contribution in [3.05, 3.63) is 29.8 Å². The van der Waals surface area contributed by atoms with Crippen LogP contribution in [0.1, 0.15) is 25.8 Å². The van der Waals surface area contributed by atoms with E-state index >= 15 is 0 Å². The Labute approximate surface area is 86.1 Å². The van der Waals surface area contributed by atoms with Crippen molar-refractivity contribution < 1.29 is 4.74 Å². The van der Waals surface area contributed by atoms with E-state index in [4.69, 9.17) is 10.5 Å². The van der Waals surface area contributed by atoms with E-state index in [1.54, 1.807) is 0 Å². The molecular formula is C12H19NO. The molecule has 1 atom stereocenters. The Hall–Kier alpha value is -1.02. The van der Waals surface area contributed by atoms with E-state index < -0.39 is 0 Å². The third-order valence-corrected chi connectivity index (χ3v) is 1.95. The maximum Gasteiger partial charge on any atom is 0.119 e.